The normalized spacial score (nSPS) is 11.2. The smallest absolute Gasteiger partial charge is 0.147 e. The van der Waals surface area contributed by atoms with Gasteiger partial charge in [0, 0.05) is 47.2 Å². The van der Waals surface area contributed by atoms with Crippen molar-refractivity contribution in [3.05, 3.63) is 82.7 Å². The summed E-state index contributed by atoms with van der Waals surface area (Å²) in [5, 5.41) is 7.25. The highest BCUT2D eigenvalue weighted by molar-refractivity contribution is 9.10. The lowest BCUT2D eigenvalue weighted by Crippen LogP contribution is -2.04. The molecular weight excluding hydrogens is 458 g/mol. The van der Waals surface area contributed by atoms with E-state index in [1.165, 1.54) is 0 Å². The van der Waals surface area contributed by atoms with Gasteiger partial charge in [0.1, 0.15) is 11.6 Å². The predicted octanol–water partition coefficient (Wildman–Crippen LogP) is 6.10. The van der Waals surface area contributed by atoms with Crippen LogP contribution in [0.15, 0.2) is 70.4 Å². The van der Waals surface area contributed by atoms with Crippen molar-refractivity contribution in [3.8, 4) is 0 Å². The average Bonchev–Trinajstić information content (AvgIpc) is 3.04. The molecule has 148 valence electrons. The summed E-state index contributed by atoms with van der Waals surface area (Å²) in [7, 11) is 1.90. The molecular formula is C21H17BrF2N4S. The van der Waals surface area contributed by atoms with Gasteiger partial charge >= 0.3 is 0 Å². The van der Waals surface area contributed by atoms with E-state index in [0.717, 1.165) is 40.0 Å². The van der Waals surface area contributed by atoms with E-state index in [2.05, 4.69) is 41.7 Å². The van der Waals surface area contributed by atoms with Crippen molar-refractivity contribution in [1.29, 1.82) is 0 Å². The summed E-state index contributed by atoms with van der Waals surface area (Å²) >= 11 is 4.54. The first-order valence-electron chi connectivity index (χ1n) is 8.83. The van der Waals surface area contributed by atoms with Crippen molar-refractivity contribution in [2.45, 2.75) is 11.4 Å². The van der Waals surface area contributed by atoms with Crippen LogP contribution in [0.5, 0.6) is 0 Å². The minimum Gasteiger partial charge on any atom is -0.353 e. The summed E-state index contributed by atoms with van der Waals surface area (Å²) in [4.78, 5) is 5.16. The number of pyridine rings is 1. The van der Waals surface area contributed by atoms with Crippen molar-refractivity contribution in [3.63, 3.8) is 0 Å². The van der Waals surface area contributed by atoms with E-state index in [1.54, 1.807) is 24.3 Å². The van der Waals surface area contributed by atoms with Crippen LogP contribution in [0.2, 0.25) is 0 Å². The first-order chi connectivity index (χ1) is 14.0. The molecule has 2 aromatic heterocycles. The van der Waals surface area contributed by atoms with Gasteiger partial charge in [0.2, 0.25) is 0 Å². The number of benzene rings is 2. The first-order valence-corrected chi connectivity index (χ1v) is 10.4. The zero-order valence-corrected chi connectivity index (χ0v) is 17.8. The number of hydrogen-bond acceptors (Lipinski definition) is 4. The molecule has 0 aliphatic heterocycles. The zero-order valence-electron chi connectivity index (χ0n) is 15.4. The number of hydrogen-bond donors (Lipinski definition) is 2. The third-order valence-corrected chi connectivity index (χ3v) is 5.91. The van der Waals surface area contributed by atoms with E-state index < -0.39 is 11.6 Å². The molecule has 4 rings (SSSR count). The summed E-state index contributed by atoms with van der Waals surface area (Å²) in [6.07, 6.45) is 5.61. The topological polar surface area (TPSA) is 41.9 Å². The number of rotatable bonds is 6. The maximum absolute atomic E-state index is 14.2. The van der Waals surface area contributed by atoms with Crippen LogP contribution in [0.1, 0.15) is 5.56 Å². The summed E-state index contributed by atoms with van der Waals surface area (Å²) in [5.74, 6) is -1.06. The van der Waals surface area contributed by atoms with E-state index in [0.29, 0.717) is 5.69 Å². The lowest BCUT2D eigenvalue weighted by Gasteiger charge is -2.10. The predicted molar refractivity (Wildman–Crippen MR) is 118 cm³/mol. The molecule has 0 unspecified atom stereocenters. The van der Waals surface area contributed by atoms with Gasteiger partial charge in [-0.3, -0.25) is 8.96 Å². The molecule has 8 heteroatoms. The zero-order chi connectivity index (χ0) is 20.4. The van der Waals surface area contributed by atoms with Crippen molar-refractivity contribution in [2.75, 3.05) is 12.4 Å². The Balaban J connectivity index is 1.73. The summed E-state index contributed by atoms with van der Waals surface area (Å²) < 4.78 is 30.2. The highest BCUT2D eigenvalue weighted by Crippen LogP contribution is 2.33. The van der Waals surface area contributed by atoms with Crippen LogP contribution in [0.3, 0.4) is 0 Å². The number of fused-ring (bicyclic) bond motifs is 1. The molecule has 0 spiro atoms. The van der Waals surface area contributed by atoms with E-state index in [-0.39, 0.29) is 10.2 Å². The molecule has 0 bridgehead atoms. The van der Waals surface area contributed by atoms with Gasteiger partial charge in [0.25, 0.3) is 0 Å². The average molecular weight is 475 g/mol. The van der Waals surface area contributed by atoms with Gasteiger partial charge in [-0.05, 0) is 70.8 Å². The van der Waals surface area contributed by atoms with Gasteiger partial charge in [-0.2, -0.15) is 0 Å². The Labute approximate surface area is 179 Å². The molecule has 0 atom stereocenters. The van der Waals surface area contributed by atoms with Crippen molar-refractivity contribution < 1.29 is 8.78 Å². The maximum atomic E-state index is 14.2. The van der Waals surface area contributed by atoms with Crippen molar-refractivity contribution in [2.24, 2.45) is 0 Å². The van der Waals surface area contributed by atoms with Crippen LogP contribution in [0.25, 0.3) is 10.9 Å². The summed E-state index contributed by atoms with van der Waals surface area (Å²) in [5.41, 5.74) is 2.86. The Hall–Kier alpha value is -2.42. The third kappa shape index (κ3) is 4.29. The third-order valence-electron chi connectivity index (χ3n) is 4.35. The quantitative estimate of drug-likeness (QED) is 0.331. The van der Waals surface area contributed by atoms with Gasteiger partial charge in [-0.25, -0.2) is 8.78 Å². The van der Waals surface area contributed by atoms with Crippen LogP contribution in [-0.2, 0) is 6.54 Å². The summed E-state index contributed by atoms with van der Waals surface area (Å²) in [6.45, 7) is 0.719. The number of aromatic nitrogens is 2. The fourth-order valence-corrected chi connectivity index (χ4v) is 4.26. The SMILES string of the molecule is CNCc1cn(Sc2cccnc2)c2cc(Nc3cc(F)c(Br)cc3F)ccc12. The van der Waals surface area contributed by atoms with E-state index in [1.807, 2.05) is 37.4 Å². The Morgan fingerprint density at radius 3 is 2.76 bits per heavy atom. The lowest BCUT2D eigenvalue weighted by atomic mass is 10.1. The second-order valence-electron chi connectivity index (χ2n) is 6.39. The largest absolute Gasteiger partial charge is 0.353 e. The van der Waals surface area contributed by atoms with Crippen molar-refractivity contribution >= 4 is 50.2 Å². The Morgan fingerprint density at radius 2 is 2.00 bits per heavy atom. The molecule has 29 heavy (non-hydrogen) atoms. The van der Waals surface area contributed by atoms with Gasteiger partial charge < -0.3 is 10.6 Å². The second-order valence-corrected chi connectivity index (χ2v) is 8.30. The molecule has 4 nitrogen and oxygen atoms in total. The van der Waals surface area contributed by atoms with Crippen molar-refractivity contribution in [1.82, 2.24) is 14.3 Å². The molecule has 0 aliphatic carbocycles. The fourth-order valence-electron chi connectivity index (χ4n) is 3.04. The number of nitrogens with one attached hydrogen (secondary N) is 2. The van der Waals surface area contributed by atoms with Crippen LogP contribution >= 0.6 is 27.9 Å². The Bertz CT molecular complexity index is 1160. The molecule has 0 fully saturated rings. The van der Waals surface area contributed by atoms with Crippen LogP contribution in [0.4, 0.5) is 20.2 Å². The van der Waals surface area contributed by atoms with E-state index in [9.17, 15) is 8.78 Å². The van der Waals surface area contributed by atoms with Crippen LogP contribution in [0, 0.1) is 11.6 Å². The first kappa shape index (κ1) is 19.9. The highest BCUT2D eigenvalue weighted by Gasteiger charge is 2.13. The monoisotopic (exact) mass is 474 g/mol. The molecule has 0 saturated carbocycles. The Morgan fingerprint density at radius 1 is 1.14 bits per heavy atom. The van der Waals surface area contributed by atoms with Gasteiger partial charge in [0.05, 0.1) is 15.7 Å². The highest BCUT2D eigenvalue weighted by atomic mass is 79.9. The molecule has 0 saturated heterocycles. The van der Waals surface area contributed by atoms with Crippen LogP contribution < -0.4 is 10.6 Å². The van der Waals surface area contributed by atoms with Gasteiger partial charge in [-0.15, -0.1) is 0 Å². The molecule has 2 aromatic carbocycles. The molecule has 4 aromatic rings. The standard InChI is InChI=1S/C21H17BrF2N4S/c1-25-10-13-12-28(29-15-3-2-6-26-11-15)21-7-14(4-5-16(13)21)27-20-9-18(23)17(22)8-19(20)24/h2-9,11-12,25,27H,10H2,1H3. The minimum absolute atomic E-state index is 0.0820. The molecule has 0 aliphatic rings. The summed E-state index contributed by atoms with van der Waals surface area (Å²) in [6, 6.07) is 11.9. The molecule has 2 N–H and O–H groups in total. The number of nitrogens with zero attached hydrogens (tertiary/aromatic N) is 2. The van der Waals surface area contributed by atoms with E-state index >= 15 is 0 Å². The number of halogens is 3. The fraction of sp³-hybridized carbons (Fsp3) is 0.0952. The van der Waals surface area contributed by atoms with Gasteiger partial charge in [0.15, 0.2) is 0 Å². The molecule has 0 radical (unpaired) electrons. The minimum atomic E-state index is -0.533. The lowest BCUT2D eigenvalue weighted by molar-refractivity contribution is 0.598. The maximum Gasteiger partial charge on any atom is 0.147 e. The molecule has 0 amide bonds. The van der Waals surface area contributed by atoms with Gasteiger partial charge in [-0.1, -0.05) is 6.07 Å². The van der Waals surface area contributed by atoms with E-state index in [4.69, 9.17) is 0 Å². The Kier molecular flexibility index (Phi) is 5.84. The second kappa shape index (κ2) is 8.52. The van der Waals surface area contributed by atoms with Crippen LogP contribution in [-0.4, -0.2) is 16.0 Å². The molecule has 2 heterocycles. The number of anilines is 2.